The molecule has 3 aromatic carbocycles. The van der Waals surface area contributed by atoms with Gasteiger partial charge in [0.15, 0.2) is 0 Å². The maximum Gasteiger partial charge on any atom is 0.411 e. The lowest BCUT2D eigenvalue weighted by Gasteiger charge is -2.23. The highest BCUT2D eigenvalue weighted by Gasteiger charge is 2.42. The summed E-state index contributed by atoms with van der Waals surface area (Å²) in [6.45, 7) is 3.54. The highest BCUT2D eigenvalue weighted by atomic mass is 79.9. The second-order valence-electron chi connectivity index (χ2n) is 10.7. The topological polar surface area (TPSA) is 61.9 Å². The Labute approximate surface area is 239 Å². The third-order valence-electron chi connectivity index (χ3n) is 7.96. The Bertz CT molecular complexity index is 1270. The Morgan fingerprint density at radius 3 is 2.44 bits per heavy atom. The molecule has 0 aromatic heterocycles. The number of aryl methyl sites for hydroxylation is 1. The number of nitrogens with one attached hydrogen (secondary N) is 1. The molecule has 204 valence electrons. The summed E-state index contributed by atoms with van der Waals surface area (Å²) in [6, 6.07) is 25.8. The minimum absolute atomic E-state index is 0.0536. The van der Waals surface area contributed by atoms with Gasteiger partial charge in [-0.3, -0.25) is 10.1 Å². The van der Waals surface area contributed by atoms with Crippen molar-refractivity contribution in [2.24, 2.45) is 11.8 Å². The van der Waals surface area contributed by atoms with E-state index in [9.17, 15) is 9.59 Å². The lowest BCUT2D eigenvalue weighted by Crippen LogP contribution is -2.36. The van der Waals surface area contributed by atoms with Crippen LogP contribution in [0.4, 0.5) is 10.5 Å². The number of hydrogen-bond acceptors (Lipinski definition) is 4. The van der Waals surface area contributed by atoms with Crippen molar-refractivity contribution in [1.82, 2.24) is 9.80 Å². The molecule has 0 unspecified atom stereocenters. The van der Waals surface area contributed by atoms with Crippen molar-refractivity contribution < 1.29 is 14.3 Å². The van der Waals surface area contributed by atoms with Crippen molar-refractivity contribution in [2.75, 3.05) is 43.9 Å². The van der Waals surface area contributed by atoms with Gasteiger partial charge in [-0.25, -0.2) is 4.79 Å². The summed E-state index contributed by atoms with van der Waals surface area (Å²) in [5.74, 6) is 1.13. The number of carbonyl (C=O) groups excluding carboxylic acids is 2. The molecule has 39 heavy (non-hydrogen) atoms. The second-order valence-corrected chi connectivity index (χ2v) is 11.5. The van der Waals surface area contributed by atoms with E-state index in [4.69, 9.17) is 4.74 Å². The summed E-state index contributed by atoms with van der Waals surface area (Å²) in [5, 5.41) is 3.85. The molecule has 1 aliphatic heterocycles. The number of benzene rings is 3. The molecule has 2 fully saturated rings. The van der Waals surface area contributed by atoms with Gasteiger partial charge < -0.3 is 14.5 Å². The van der Waals surface area contributed by atoms with E-state index in [0.717, 1.165) is 66.6 Å². The normalized spacial score (nSPS) is 20.4. The molecular weight excluding hydrogens is 554 g/mol. The predicted molar refractivity (Wildman–Crippen MR) is 159 cm³/mol. The van der Waals surface area contributed by atoms with Crippen LogP contribution in [0.2, 0.25) is 0 Å². The van der Waals surface area contributed by atoms with Crippen LogP contribution in [0.3, 0.4) is 0 Å². The number of rotatable bonds is 9. The average molecular weight is 591 g/mol. The number of amides is 2. The van der Waals surface area contributed by atoms with Crippen LogP contribution in [-0.4, -0.2) is 66.5 Å². The number of likely N-dealkylation sites (N-methyl/N-ethyl adjacent to an activating group) is 1. The van der Waals surface area contributed by atoms with Gasteiger partial charge in [-0.2, -0.15) is 0 Å². The molecule has 2 amide bonds. The van der Waals surface area contributed by atoms with Crippen LogP contribution in [0.25, 0.3) is 11.1 Å². The molecule has 1 saturated carbocycles. The molecule has 3 atom stereocenters. The first-order chi connectivity index (χ1) is 19.0. The number of likely N-dealkylation sites (tertiary alicyclic amines) is 1. The third kappa shape index (κ3) is 6.89. The van der Waals surface area contributed by atoms with Gasteiger partial charge in [0.1, 0.15) is 6.10 Å². The van der Waals surface area contributed by atoms with Gasteiger partial charge in [-0.1, -0.05) is 76.6 Å². The fourth-order valence-corrected chi connectivity index (χ4v) is 6.41. The van der Waals surface area contributed by atoms with E-state index in [2.05, 4.69) is 32.2 Å². The number of anilines is 1. The van der Waals surface area contributed by atoms with Gasteiger partial charge in [0.2, 0.25) is 0 Å². The smallest absolute Gasteiger partial charge is 0.411 e. The predicted octanol–water partition coefficient (Wildman–Crippen LogP) is 6.32. The summed E-state index contributed by atoms with van der Waals surface area (Å²) < 4.78 is 5.86. The molecular formula is C32H36BrN3O3. The minimum Gasteiger partial charge on any atom is -0.446 e. The molecule has 0 spiro atoms. The molecule has 1 saturated heterocycles. The quantitative estimate of drug-likeness (QED) is 0.297. The highest BCUT2D eigenvalue weighted by molar-refractivity contribution is 9.09. The minimum atomic E-state index is -0.388. The number of para-hydroxylation sites is 1. The summed E-state index contributed by atoms with van der Waals surface area (Å²) in [6.07, 6.45) is 2.26. The summed E-state index contributed by atoms with van der Waals surface area (Å²) in [4.78, 5) is 30.0. The largest absolute Gasteiger partial charge is 0.446 e. The van der Waals surface area contributed by atoms with Crippen molar-refractivity contribution in [3.63, 3.8) is 0 Å². The van der Waals surface area contributed by atoms with Crippen molar-refractivity contribution in [1.29, 1.82) is 0 Å². The Kier molecular flexibility index (Phi) is 8.99. The van der Waals surface area contributed by atoms with Gasteiger partial charge in [0, 0.05) is 49.7 Å². The second kappa shape index (κ2) is 12.8. The summed E-state index contributed by atoms with van der Waals surface area (Å²) in [5.41, 5.74) is 4.71. The molecule has 6 nitrogen and oxygen atoms in total. The van der Waals surface area contributed by atoms with Gasteiger partial charge in [-0.05, 0) is 60.4 Å². The zero-order chi connectivity index (χ0) is 27.2. The molecule has 2 aliphatic rings. The highest BCUT2D eigenvalue weighted by Crippen LogP contribution is 2.39. The lowest BCUT2D eigenvalue weighted by atomic mass is 10.0. The number of carbonyl (C=O) groups is 2. The van der Waals surface area contributed by atoms with Crippen molar-refractivity contribution in [3.8, 4) is 11.1 Å². The molecule has 7 heteroatoms. The van der Waals surface area contributed by atoms with Crippen molar-refractivity contribution in [2.45, 2.75) is 25.4 Å². The zero-order valence-corrected chi connectivity index (χ0v) is 24.0. The molecule has 1 N–H and O–H groups in total. The SMILES string of the molecule is CN(CCN1C[C@H]2C[C@H](OC(=O)Nc3ccccc3-c3ccccc3)C[C@H]2C1)C(=O)c1cccc(CCBr)c1. The van der Waals surface area contributed by atoms with Crippen LogP contribution in [-0.2, 0) is 11.2 Å². The monoisotopic (exact) mass is 589 g/mol. The van der Waals surface area contributed by atoms with E-state index >= 15 is 0 Å². The number of nitrogens with zero attached hydrogens (tertiary/aromatic N) is 2. The van der Waals surface area contributed by atoms with Gasteiger partial charge >= 0.3 is 6.09 Å². The average Bonchev–Trinajstić information content (AvgIpc) is 3.50. The first kappa shape index (κ1) is 27.4. The van der Waals surface area contributed by atoms with E-state index in [1.165, 1.54) is 5.56 Å². The number of ether oxygens (including phenoxy) is 1. The van der Waals surface area contributed by atoms with Crippen LogP contribution in [0.15, 0.2) is 78.9 Å². The van der Waals surface area contributed by atoms with E-state index in [-0.39, 0.29) is 18.1 Å². The summed E-state index contributed by atoms with van der Waals surface area (Å²) in [7, 11) is 1.88. The van der Waals surface area contributed by atoms with Crippen LogP contribution < -0.4 is 5.32 Å². The lowest BCUT2D eigenvalue weighted by molar-refractivity contribution is 0.0778. The Morgan fingerprint density at radius 1 is 0.974 bits per heavy atom. The number of halogens is 1. The van der Waals surface area contributed by atoms with Gasteiger partial charge in [0.05, 0.1) is 5.69 Å². The van der Waals surface area contributed by atoms with E-state index < -0.39 is 0 Å². The van der Waals surface area contributed by atoms with Gasteiger partial charge in [0.25, 0.3) is 5.91 Å². The number of hydrogen-bond donors (Lipinski definition) is 1. The maximum atomic E-state index is 12.9. The molecule has 1 aliphatic carbocycles. The standard InChI is InChI=1S/C32H36BrN3O3/c1-35(31(37)25-11-7-8-23(18-25)14-15-33)16-17-36-21-26-19-28(20-27(26)22-36)39-32(38)34-30-13-6-5-12-29(30)24-9-3-2-4-10-24/h2-13,18,26-28H,14-17,19-22H2,1H3,(H,34,38)/t26-,27+,28+. The van der Waals surface area contributed by atoms with Crippen LogP contribution in [0, 0.1) is 11.8 Å². The van der Waals surface area contributed by atoms with Crippen molar-refractivity contribution >= 4 is 33.6 Å². The molecule has 1 heterocycles. The fraction of sp³-hybridized carbons (Fsp3) is 0.375. The number of fused-ring (bicyclic) bond motifs is 1. The van der Waals surface area contributed by atoms with Crippen molar-refractivity contribution in [3.05, 3.63) is 90.0 Å². The van der Waals surface area contributed by atoms with Crippen LogP contribution in [0.5, 0.6) is 0 Å². The Balaban J connectivity index is 1.07. The molecule has 0 radical (unpaired) electrons. The van der Waals surface area contributed by atoms with E-state index in [1.807, 2.05) is 84.7 Å². The van der Waals surface area contributed by atoms with E-state index in [1.54, 1.807) is 0 Å². The van der Waals surface area contributed by atoms with Gasteiger partial charge in [-0.15, -0.1) is 0 Å². The van der Waals surface area contributed by atoms with Crippen LogP contribution in [0.1, 0.15) is 28.8 Å². The first-order valence-electron chi connectivity index (χ1n) is 13.7. The maximum absolute atomic E-state index is 12.9. The summed E-state index contributed by atoms with van der Waals surface area (Å²) >= 11 is 3.47. The molecule has 0 bridgehead atoms. The zero-order valence-electron chi connectivity index (χ0n) is 22.4. The third-order valence-corrected chi connectivity index (χ3v) is 8.36. The van der Waals surface area contributed by atoms with E-state index in [0.29, 0.717) is 18.4 Å². The fourth-order valence-electron chi connectivity index (χ4n) is 5.95. The molecule has 3 aromatic rings. The Hall–Kier alpha value is -3.16. The first-order valence-corrected chi connectivity index (χ1v) is 14.9. The Morgan fingerprint density at radius 2 is 1.69 bits per heavy atom. The molecule has 5 rings (SSSR count). The number of alkyl halides is 1. The van der Waals surface area contributed by atoms with Crippen LogP contribution >= 0.6 is 15.9 Å².